The molecule has 5 heteroatoms. The molecule has 2 nitrogen and oxygen atoms in total. The maximum absolute atomic E-state index is 12.5. The zero-order valence-electron chi connectivity index (χ0n) is 12.7. The fourth-order valence-electron chi connectivity index (χ4n) is 1.89. The van der Waals surface area contributed by atoms with Crippen LogP contribution in [0.25, 0.3) is 0 Å². The molecule has 0 aliphatic carbocycles. The Morgan fingerprint density at radius 2 is 1.21 bits per heavy atom. The highest BCUT2D eigenvalue weighted by atomic mass is 19.4. The highest BCUT2D eigenvalue weighted by Crippen LogP contribution is 2.31. The molecule has 3 rings (SSSR count). The van der Waals surface area contributed by atoms with Crippen LogP contribution in [0.3, 0.4) is 0 Å². The number of para-hydroxylation sites is 2. The van der Waals surface area contributed by atoms with Gasteiger partial charge in [0, 0.05) is 11.4 Å². The third-order valence-corrected chi connectivity index (χ3v) is 3.01. The minimum atomic E-state index is -4.31. The Bertz CT molecular complexity index is 743. The van der Waals surface area contributed by atoms with Crippen LogP contribution in [0.15, 0.2) is 84.9 Å². The molecule has 0 spiro atoms. The van der Waals surface area contributed by atoms with Gasteiger partial charge in [0.1, 0.15) is 5.75 Å². The number of phenols is 1. The molecule has 0 saturated carbocycles. The van der Waals surface area contributed by atoms with E-state index in [0.29, 0.717) is 11.4 Å². The molecule has 2 N–H and O–H groups in total. The zero-order chi connectivity index (χ0) is 17.4. The summed E-state index contributed by atoms with van der Waals surface area (Å²) in [6, 6.07) is 22.9. The summed E-state index contributed by atoms with van der Waals surface area (Å²) in [7, 11) is 0. The molecule has 0 amide bonds. The van der Waals surface area contributed by atoms with Gasteiger partial charge in [-0.1, -0.05) is 42.5 Å². The van der Waals surface area contributed by atoms with Crippen molar-refractivity contribution < 1.29 is 18.3 Å². The lowest BCUT2D eigenvalue weighted by atomic mass is 10.2. The van der Waals surface area contributed by atoms with Crippen LogP contribution >= 0.6 is 0 Å². The molecule has 0 atom stereocenters. The summed E-state index contributed by atoms with van der Waals surface area (Å²) in [6.07, 6.45) is -4.31. The van der Waals surface area contributed by atoms with Crippen molar-refractivity contribution in [1.29, 1.82) is 0 Å². The first-order valence-corrected chi connectivity index (χ1v) is 7.18. The molecule has 0 bridgehead atoms. The van der Waals surface area contributed by atoms with E-state index in [-0.39, 0.29) is 0 Å². The van der Waals surface area contributed by atoms with Crippen molar-refractivity contribution in [3.8, 4) is 5.75 Å². The van der Waals surface area contributed by atoms with E-state index in [1.165, 1.54) is 6.07 Å². The fourth-order valence-corrected chi connectivity index (χ4v) is 1.89. The van der Waals surface area contributed by atoms with Gasteiger partial charge in [0.25, 0.3) is 0 Å². The number of benzene rings is 3. The Labute approximate surface area is 138 Å². The molecule has 0 heterocycles. The second kappa shape index (κ2) is 8.06. The summed E-state index contributed by atoms with van der Waals surface area (Å²) in [5, 5.41) is 11.5. The topological polar surface area (TPSA) is 32.3 Å². The second-order valence-electron chi connectivity index (χ2n) is 4.91. The first-order chi connectivity index (χ1) is 11.4. The summed E-state index contributed by atoms with van der Waals surface area (Å²) < 4.78 is 37.4. The van der Waals surface area contributed by atoms with Crippen molar-refractivity contribution >= 4 is 11.4 Å². The van der Waals surface area contributed by atoms with Crippen molar-refractivity contribution in [2.45, 2.75) is 6.18 Å². The van der Waals surface area contributed by atoms with Crippen LogP contribution in [0.2, 0.25) is 0 Å². The number of aromatic hydroxyl groups is 1. The van der Waals surface area contributed by atoms with E-state index in [9.17, 15) is 13.2 Å². The van der Waals surface area contributed by atoms with Gasteiger partial charge in [-0.3, -0.25) is 0 Å². The molecule has 0 aromatic heterocycles. The molecule has 0 aliphatic rings. The minimum Gasteiger partial charge on any atom is -0.508 e. The predicted octanol–water partition coefficient (Wildman–Crippen LogP) is 5.84. The van der Waals surface area contributed by atoms with Crippen molar-refractivity contribution in [1.82, 2.24) is 0 Å². The molecule has 0 unspecified atom stereocenters. The van der Waals surface area contributed by atoms with Crippen molar-refractivity contribution in [2.24, 2.45) is 0 Å². The van der Waals surface area contributed by atoms with Crippen LogP contribution in [0.1, 0.15) is 5.56 Å². The van der Waals surface area contributed by atoms with Gasteiger partial charge in [-0.15, -0.1) is 0 Å². The number of anilines is 2. The Morgan fingerprint density at radius 1 is 0.667 bits per heavy atom. The molecular weight excluding hydrogens is 315 g/mol. The van der Waals surface area contributed by atoms with Gasteiger partial charge in [0.2, 0.25) is 0 Å². The molecule has 124 valence electrons. The number of hydrogen-bond acceptors (Lipinski definition) is 2. The van der Waals surface area contributed by atoms with E-state index in [0.717, 1.165) is 17.8 Å². The molecular formula is C19H16F3NO. The van der Waals surface area contributed by atoms with Gasteiger partial charge in [0.05, 0.1) is 5.56 Å². The van der Waals surface area contributed by atoms with Crippen molar-refractivity contribution in [3.05, 3.63) is 90.5 Å². The number of nitrogens with one attached hydrogen (secondary N) is 1. The predicted molar refractivity (Wildman–Crippen MR) is 89.3 cm³/mol. The molecule has 0 radical (unpaired) electrons. The SMILES string of the molecule is FC(F)(F)c1cccc(Nc2ccccc2)c1.Oc1ccccc1. The Kier molecular flexibility index (Phi) is 5.84. The smallest absolute Gasteiger partial charge is 0.416 e. The van der Waals surface area contributed by atoms with Gasteiger partial charge in [-0.25, -0.2) is 0 Å². The standard InChI is InChI=1S/C13H10F3N.C6H6O/c14-13(15,16)10-5-4-8-12(9-10)17-11-6-2-1-3-7-11;7-6-4-2-1-3-5-6/h1-9,17H;1-5,7H. The molecule has 0 saturated heterocycles. The zero-order valence-corrected chi connectivity index (χ0v) is 12.7. The molecule has 0 aliphatic heterocycles. The third kappa shape index (κ3) is 5.68. The largest absolute Gasteiger partial charge is 0.508 e. The molecule has 3 aromatic rings. The number of phenolic OH excluding ortho intramolecular Hbond substituents is 1. The summed E-state index contributed by atoms with van der Waals surface area (Å²) >= 11 is 0. The van der Waals surface area contributed by atoms with Crippen molar-refractivity contribution in [2.75, 3.05) is 5.32 Å². The third-order valence-electron chi connectivity index (χ3n) is 3.01. The Morgan fingerprint density at radius 3 is 1.71 bits per heavy atom. The molecule has 0 fully saturated rings. The van der Waals surface area contributed by atoms with E-state index in [1.807, 2.05) is 24.3 Å². The maximum atomic E-state index is 12.5. The number of alkyl halides is 3. The van der Waals surface area contributed by atoms with Gasteiger partial charge >= 0.3 is 6.18 Å². The van der Waals surface area contributed by atoms with Crippen LogP contribution in [0, 0.1) is 0 Å². The molecule has 24 heavy (non-hydrogen) atoms. The van der Waals surface area contributed by atoms with Gasteiger partial charge in [-0.05, 0) is 42.5 Å². The quantitative estimate of drug-likeness (QED) is 0.618. The Hall–Kier alpha value is -2.95. The van der Waals surface area contributed by atoms with Crippen LogP contribution in [0.5, 0.6) is 5.75 Å². The number of halogens is 3. The minimum absolute atomic E-state index is 0.322. The van der Waals surface area contributed by atoms with E-state index < -0.39 is 11.7 Å². The summed E-state index contributed by atoms with van der Waals surface area (Å²) in [5.74, 6) is 0.322. The average molecular weight is 331 g/mol. The van der Waals surface area contributed by atoms with Gasteiger partial charge in [0.15, 0.2) is 0 Å². The molecule has 3 aromatic carbocycles. The average Bonchev–Trinajstić information content (AvgIpc) is 2.57. The van der Waals surface area contributed by atoms with E-state index >= 15 is 0 Å². The highest BCUT2D eigenvalue weighted by Gasteiger charge is 2.30. The van der Waals surface area contributed by atoms with Crippen LogP contribution < -0.4 is 5.32 Å². The number of hydrogen-bond donors (Lipinski definition) is 2. The first kappa shape index (κ1) is 17.4. The van der Waals surface area contributed by atoms with E-state index in [2.05, 4.69) is 5.32 Å². The fraction of sp³-hybridized carbons (Fsp3) is 0.0526. The first-order valence-electron chi connectivity index (χ1n) is 7.18. The van der Waals surface area contributed by atoms with E-state index in [1.54, 1.807) is 42.5 Å². The van der Waals surface area contributed by atoms with Gasteiger partial charge in [-0.2, -0.15) is 13.2 Å². The van der Waals surface area contributed by atoms with Crippen LogP contribution in [-0.2, 0) is 6.18 Å². The van der Waals surface area contributed by atoms with Crippen LogP contribution in [0.4, 0.5) is 24.5 Å². The van der Waals surface area contributed by atoms with Crippen molar-refractivity contribution in [3.63, 3.8) is 0 Å². The van der Waals surface area contributed by atoms with Crippen LogP contribution in [-0.4, -0.2) is 5.11 Å². The van der Waals surface area contributed by atoms with Gasteiger partial charge < -0.3 is 10.4 Å². The lowest BCUT2D eigenvalue weighted by Crippen LogP contribution is -2.05. The Balaban J connectivity index is 0.000000249. The highest BCUT2D eigenvalue weighted by molar-refractivity contribution is 5.60. The maximum Gasteiger partial charge on any atom is 0.416 e. The second-order valence-corrected chi connectivity index (χ2v) is 4.91. The summed E-state index contributed by atoms with van der Waals surface area (Å²) in [5.41, 5.74) is 0.524. The van der Waals surface area contributed by atoms with E-state index in [4.69, 9.17) is 5.11 Å². The lowest BCUT2D eigenvalue weighted by molar-refractivity contribution is -0.137. The normalized spacial score (nSPS) is 10.5. The lowest BCUT2D eigenvalue weighted by Gasteiger charge is -2.10. The summed E-state index contributed by atoms with van der Waals surface area (Å²) in [6.45, 7) is 0. The number of rotatable bonds is 2. The monoisotopic (exact) mass is 331 g/mol. The summed E-state index contributed by atoms with van der Waals surface area (Å²) in [4.78, 5) is 0.